The first kappa shape index (κ1) is 22.2. The van der Waals surface area contributed by atoms with Crippen LogP contribution >= 0.6 is 23.2 Å². The zero-order valence-corrected chi connectivity index (χ0v) is 16.7. The Hall–Kier alpha value is -0.860. The zero-order valence-electron chi connectivity index (χ0n) is 14.3. The molecule has 1 aromatic rings. The average molecular weight is 411 g/mol. The third kappa shape index (κ3) is 7.50. The van der Waals surface area contributed by atoms with E-state index in [1.54, 1.807) is 6.07 Å². The number of carbonyl (C=O) groups is 1. The predicted molar refractivity (Wildman–Crippen MR) is 99.6 cm³/mol. The Balaban J connectivity index is 2.49. The molecule has 1 aromatic carbocycles. The van der Waals surface area contributed by atoms with Crippen LogP contribution in [0.25, 0.3) is 0 Å². The van der Waals surface area contributed by atoms with Gasteiger partial charge >= 0.3 is 0 Å². The molecule has 1 atom stereocenters. The summed E-state index contributed by atoms with van der Waals surface area (Å²) in [5.41, 5.74) is 0. The molecule has 25 heavy (non-hydrogen) atoms. The average Bonchev–Trinajstić information content (AvgIpc) is 2.52. The third-order valence-corrected chi connectivity index (χ3v) is 5.81. The molecule has 0 unspecified atom stereocenters. The molecule has 0 saturated carbocycles. The standard InChI is InChI=1S/C16H24Cl2N2O4S/c1-3-4-10-24-11-6-9-19-16(21)12(2)20-25(22,23)15-13(17)7-5-8-14(15)18/h5,7-8,12,20H,3-4,6,9-11H2,1-2H3,(H,19,21)/t12-/m0/s1. The normalized spacial score (nSPS) is 12.8. The topological polar surface area (TPSA) is 84.5 Å². The van der Waals surface area contributed by atoms with E-state index in [1.165, 1.54) is 19.1 Å². The fraction of sp³-hybridized carbons (Fsp3) is 0.562. The molecule has 1 amide bonds. The van der Waals surface area contributed by atoms with Gasteiger partial charge in [0.1, 0.15) is 4.90 Å². The highest BCUT2D eigenvalue weighted by Crippen LogP contribution is 2.28. The lowest BCUT2D eigenvalue weighted by molar-refractivity contribution is -0.122. The molecular weight excluding hydrogens is 387 g/mol. The predicted octanol–water partition coefficient (Wildman–Crippen LogP) is 2.98. The van der Waals surface area contributed by atoms with Crippen LogP contribution in [0.1, 0.15) is 33.1 Å². The van der Waals surface area contributed by atoms with Crippen molar-refractivity contribution in [3.8, 4) is 0 Å². The number of amides is 1. The Kier molecular flexibility index (Phi) is 9.74. The summed E-state index contributed by atoms with van der Waals surface area (Å²) in [6.45, 7) is 5.20. The summed E-state index contributed by atoms with van der Waals surface area (Å²) in [6.07, 6.45) is 2.74. The monoisotopic (exact) mass is 410 g/mol. The van der Waals surface area contributed by atoms with Crippen molar-refractivity contribution in [2.45, 2.75) is 44.0 Å². The smallest absolute Gasteiger partial charge is 0.244 e. The first-order chi connectivity index (χ1) is 11.8. The van der Waals surface area contributed by atoms with Crippen molar-refractivity contribution in [1.29, 1.82) is 0 Å². The van der Waals surface area contributed by atoms with Crippen molar-refractivity contribution in [3.63, 3.8) is 0 Å². The maximum absolute atomic E-state index is 12.4. The number of ether oxygens (including phenoxy) is 1. The van der Waals surface area contributed by atoms with E-state index in [2.05, 4.69) is 17.0 Å². The lowest BCUT2D eigenvalue weighted by Crippen LogP contribution is -2.45. The molecule has 6 nitrogen and oxygen atoms in total. The number of hydrogen-bond donors (Lipinski definition) is 2. The van der Waals surface area contributed by atoms with Gasteiger partial charge < -0.3 is 10.1 Å². The Labute approximate surface area is 159 Å². The van der Waals surface area contributed by atoms with Crippen LogP contribution < -0.4 is 10.0 Å². The second-order valence-corrected chi connectivity index (χ2v) is 7.97. The number of halogens is 2. The second kappa shape index (κ2) is 11.0. The maximum atomic E-state index is 12.4. The van der Waals surface area contributed by atoms with Gasteiger partial charge in [0.15, 0.2) is 0 Å². The van der Waals surface area contributed by atoms with Crippen LogP contribution in [0.2, 0.25) is 10.0 Å². The fourth-order valence-corrected chi connectivity index (χ4v) is 4.32. The molecule has 0 bridgehead atoms. The first-order valence-electron chi connectivity index (χ1n) is 8.11. The molecule has 0 aliphatic carbocycles. The lowest BCUT2D eigenvalue weighted by atomic mass is 10.3. The quantitative estimate of drug-likeness (QED) is 0.549. The Morgan fingerprint density at radius 3 is 2.40 bits per heavy atom. The number of benzene rings is 1. The summed E-state index contributed by atoms with van der Waals surface area (Å²) in [7, 11) is -4.01. The molecule has 0 aliphatic heterocycles. The van der Waals surface area contributed by atoms with E-state index in [-0.39, 0.29) is 14.9 Å². The molecule has 0 heterocycles. The van der Waals surface area contributed by atoms with Crippen molar-refractivity contribution in [3.05, 3.63) is 28.2 Å². The van der Waals surface area contributed by atoms with Crippen LogP contribution in [0.15, 0.2) is 23.1 Å². The van der Waals surface area contributed by atoms with E-state index in [4.69, 9.17) is 27.9 Å². The van der Waals surface area contributed by atoms with Gasteiger partial charge in [-0.05, 0) is 31.9 Å². The number of rotatable bonds is 11. The maximum Gasteiger partial charge on any atom is 0.244 e. The molecule has 1 rings (SSSR count). The summed E-state index contributed by atoms with van der Waals surface area (Å²) in [6, 6.07) is 3.43. The van der Waals surface area contributed by atoms with E-state index < -0.39 is 22.0 Å². The molecule has 0 radical (unpaired) electrons. The van der Waals surface area contributed by atoms with Crippen LogP contribution in [0, 0.1) is 0 Å². The van der Waals surface area contributed by atoms with Crippen molar-refractivity contribution >= 4 is 39.1 Å². The summed E-state index contributed by atoms with van der Waals surface area (Å²) in [4.78, 5) is 11.8. The van der Waals surface area contributed by atoms with Crippen LogP contribution in [0.4, 0.5) is 0 Å². The summed E-state index contributed by atoms with van der Waals surface area (Å²) >= 11 is 11.8. The molecule has 142 valence electrons. The molecule has 0 aliphatic rings. The van der Waals surface area contributed by atoms with Gasteiger partial charge in [0, 0.05) is 19.8 Å². The minimum absolute atomic E-state index is 0.00293. The van der Waals surface area contributed by atoms with Crippen LogP contribution in [0.3, 0.4) is 0 Å². The van der Waals surface area contributed by atoms with Gasteiger partial charge in [-0.3, -0.25) is 4.79 Å². The lowest BCUT2D eigenvalue weighted by Gasteiger charge is -2.16. The number of nitrogens with one attached hydrogen (secondary N) is 2. The van der Waals surface area contributed by atoms with Gasteiger partial charge in [0.25, 0.3) is 0 Å². The van der Waals surface area contributed by atoms with E-state index >= 15 is 0 Å². The Morgan fingerprint density at radius 2 is 1.80 bits per heavy atom. The van der Waals surface area contributed by atoms with E-state index in [1.807, 2.05) is 0 Å². The van der Waals surface area contributed by atoms with Gasteiger partial charge in [-0.1, -0.05) is 42.6 Å². The van der Waals surface area contributed by atoms with E-state index in [0.717, 1.165) is 12.8 Å². The Bertz CT molecular complexity index is 648. The minimum Gasteiger partial charge on any atom is -0.381 e. The molecule has 2 N–H and O–H groups in total. The molecule has 0 saturated heterocycles. The molecular formula is C16H24Cl2N2O4S. The summed E-state index contributed by atoms with van der Waals surface area (Å²) in [5.74, 6) is -0.430. The highest BCUT2D eigenvalue weighted by molar-refractivity contribution is 7.89. The van der Waals surface area contributed by atoms with Crippen molar-refractivity contribution in [2.24, 2.45) is 0 Å². The highest BCUT2D eigenvalue weighted by atomic mass is 35.5. The molecule has 0 aromatic heterocycles. The van der Waals surface area contributed by atoms with Crippen molar-refractivity contribution in [1.82, 2.24) is 10.0 Å². The van der Waals surface area contributed by atoms with Crippen molar-refractivity contribution < 1.29 is 17.9 Å². The largest absolute Gasteiger partial charge is 0.381 e. The van der Waals surface area contributed by atoms with E-state index in [0.29, 0.717) is 26.2 Å². The van der Waals surface area contributed by atoms with Crippen LogP contribution in [-0.4, -0.2) is 40.1 Å². The zero-order chi connectivity index (χ0) is 18.9. The van der Waals surface area contributed by atoms with E-state index in [9.17, 15) is 13.2 Å². The number of hydrogen-bond acceptors (Lipinski definition) is 4. The summed E-state index contributed by atoms with van der Waals surface area (Å²) in [5, 5.41) is 2.66. The molecule has 9 heteroatoms. The van der Waals surface area contributed by atoms with Crippen LogP contribution in [-0.2, 0) is 19.6 Å². The van der Waals surface area contributed by atoms with Gasteiger partial charge in [0.2, 0.25) is 15.9 Å². The molecule has 0 fully saturated rings. The number of unbranched alkanes of at least 4 members (excludes halogenated alkanes) is 1. The van der Waals surface area contributed by atoms with Gasteiger partial charge in [0.05, 0.1) is 16.1 Å². The summed E-state index contributed by atoms with van der Waals surface area (Å²) < 4.78 is 32.4. The third-order valence-electron chi connectivity index (χ3n) is 3.32. The number of sulfonamides is 1. The fourth-order valence-electron chi connectivity index (χ4n) is 1.97. The van der Waals surface area contributed by atoms with Crippen molar-refractivity contribution in [2.75, 3.05) is 19.8 Å². The van der Waals surface area contributed by atoms with Gasteiger partial charge in [-0.25, -0.2) is 8.42 Å². The SMILES string of the molecule is CCCCOCCCNC(=O)[C@H](C)NS(=O)(=O)c1c(Cl)cccc1Cl. The van der Waals surface area contributed by atoms with Crippen LogP contribution in [0.5, 0.6) is 0 Å². The first-order valence-corrected chi connectivity index (χ1v) is 10.3. The second-order valence-electron chi connectivity index (χ2n) is 5.50. The molecule has 0 spiro atoms. The van der Waals surface area contributed by atoms with Gasteiger partial charge in [-0.2, -0.15) is 4.72 Å². The number of carbonyl (C=O) groups excluding carboxylic acids is 1. The van der Waals surface area contributed by atoms with Gasteiger partial charge in [-0.15, -0.1) is 0 Å². The highest BCUT2D eigenvalue weighted by Gasteiger charge is 2.26. The Morgan fingerprint density at radius 1 is 1.20 bits per heavy atom. The minimum atomic E-state index is -4.01.